The molecular weight excluding hydrogens is 302 g/mol. The molecule has 1 N–H and O–H groups in total. The largest absolute Gasteiger partial charge is 0.349 e. The average Bonchev–Trinajstić information content (AvgIpc) is 2.98. The fourth-order valence-corrected chi connectivity index (χ4v) is 4.57. The zero-order chi connectivity index (χ0) is 16.2. The van der Waals surface area contributed by atoms with Gasteiger partial charge in [0, 0.05) is 16.3 Å². The Hall–Kier alpha value is -1.61. The maximum atomic E-state index is 12.7. The number of hydrogen-bond donors (Lipinski definition) is 1. The molecule has 0 aliphatic heterocycles. The summed E-state index contributed by atoms with van der Waals surface area (Å²) < 4.78 is 0. The van der Waals surface area contributed by atoms with Crippen LogP contribution in [-0.2, 0) is 19.3 Å². The maximum Gasteiger partial charge on any atom is 0.252 e. The van der Waals surface area contributed by atoms with Gasteiger partial charge in [0.05, 0.1) is 5.56 Å². The summed E-state index contributed by atoms with van der Waals surface area (Å²) in [5.74, 6) is 0.860. The van der Waals surface area contributed by atoms with E-state index in [-0.39, 0.29) is 11.9 Å². The van der Waals surface area contributed by atoms with Gasteiger partial charge in [0.2, 0.25) is 0 Å². The van der Waals surface area contributed by atoms with Crippen LogP contribution in [0.15, 0.2) is 35.7 Å². The number of fused-ring (bicyclic) bond motifs is 1. The highest BCUT2D eigenvalue weighted by atomic mass is 32.1. The summed E-state index contributed by atoms with van der Waals surface area (Å²) >= 11 is 1.76. The molecule has 0 bridgehead atoms. The second-order valence-electron chi connectivity index (χ2n) is 6.67. The van der Waals surface area contributed by atoms with Gasteiger partial charge in [-0.15, -0.1) is 11.3 Å². The standard InChI is InChI=1S/C20H25NOS/c1-3-16(12-15-7-5-4-6-8-15)21-20(22)18-13-23-19-11-14(2)9-10-17(18)19/h4-8,13-14,16H,3,9-12H2,1-2H3,(H,21,22). The third kappa shape index (κ3) is 3.84. The SMILES string of the molecule is CCC(Cc1ccccc1)NC(=O)c1csc2c1CCC(C)C2. The van der Waals surface area contributed by atoms with E-state index in [1.807, 2.05) is 6.07 Å². The van der Waals surface area contributed by atoms with Gasteiger partial charge in [0.15, 0.2) is 0 Å². The zero-order valence-corrected chi connectivity index (χ0v) is 14.8. The molecule has 1 heterocycles. The second kappa shape index (κ2) is 7.31. The lowest BCUT2D eigenvalue weighted by atomic mass is 9.88. The summed E-state index contributed by atoms with van der Waals surface area (Å²) in [5.41, 5.74) is 3.50. The molecular formula is C20H25NOS. The zero-order valence-electron chi connectivity index (χ0n) is 14.0. The predicted octanol–water partition coefficient (Wildman–Crippen LogP) is 4.62. The van der Waals surface area contributed by atoms with Crippen molar-refractivity contribution in [1.82, 2.24) is 5.32 Å². The monoisotopic (exact) mass is 327 g/mol. The molecule has 1 aliphatic rings. The minimum absolute atomic E-state index is 0.111. The predicted molar refractivity (Wildman–Crippen MR) is 97.2 cm³/mol. The van der Waals surface area contributed by atoms with Gasteiger partial charge in [0.1, 0.15) is 0 Å². The topological polar surface area (TPSA) is 29.1 Å². The van der Waals surface area contributed by atoms with Crippen molar-refractivity contribution in [2.24, 2.45) is 5.92 Å². The minimum Gasteiger partial charge on any atom is -0.349 e. The van der Waals surface area contributed by atoms with Crippen LogP contribution in [-0.4, -0.2) is 11.9 Å². The molecule has 2 atom stereocenters. The number of hydrogen-bond acceptors (Lipinski definition) is 2. The average molecular weight is 327 g/mol. The van der Waals surface area contributed by atoms with Gasteiger partial charge in [0.25, 0.3) is 5.91 Å². The van der Waals surface area contributed by atoms with Crippen molar-refractivity contribution in [3.8, 4) is 0 Å². The Morgan fingerprint density at radius 1 is 1.35 bits per heavy atom. The molecule has 1 amide bonds. The van der Waals surface area contributed by atoms with Gasteiger partial charge in [-0.05, 0) is 49.1 Å². The fourth-order valence-electron chi connectivity index (χ4n) is 3.33. The summed E-state index contributed by atoms with van der Waals surface area (Å²) in [6.45, 7) is 4.44. The molecule has 0 saturated carbocycles. The number of thiophene rings is 1. The van der Waals surface area contributed by atoms with Crippen molar-refractivity contribution in [2.75, 3.05) is 0 Å². The molecule has 2 unspecified atom stereocenters. The van der Waals surface area contributed by atoms with E-state index in [1.54, 1.807) is 11.3 Å². The van der Waals surface area contributed by atoms with Crippen LogP contribution >= 0.6 is 11.3 Å². The number of benzene rings is 1. The number of carbonyl (C=O) groups excluding carboxylic acids is 1. The van der Waals surface area contributed by atoms with Gasteiger partial charge in [-0.1, -0.05) is 44.2 Å². The Kier molecular flexibility index (Phi) is 5.16. The molecule has 3 rings (SSSR count). The first kappa shape index (κ1) is 16.3. The summed E-state index contributed by atoms with van der Waals surface area (Å²) in [4.78, 5) is 14.1. The van der Waals surface area contributed by atoms with Crippen LogP contribution in [0.3, 0.4) is 0 Å². The van der Waals surface area contributed by atoms with Crippen molar-refractivity contribution >= 4 is 17.2 Å². The molecule has 23 heavy (non-hydrogen) atoms. The summed E-state index contributed by atoms with van der Waals surface area (Å²) in [6, 6.07) is 10.6. The van der Waals surface area contributed by atoms with E-state index in [4.69, 9.17) is 0 Å². The quantitative estimate of drug-likeness (QED) is 0.853. The Morgan fingerprint density at radius 3 is 2.87 bits per heavy atom. The lowest BCUT2D eigenvalue weighted by molar-refractivity contribution is 0.0935. The maximum absolute atomic E-state index is 12.7. The van der Waals surface area contributed by atoms with Crippen molar-refractivity contribution in [2.45, 2.75) is 52.0 Å². The molecule has 1 aromatic carbocycles. The number of carbonyl (C=O) groups is 1. The molecule has 122 valence electrons. The van der Waals surface area contributed by atoms with Crippen molar-refractivity contribution < 1.29 is 4.79 Å². The highest BCUT2D eigenvalue weighted by molar-refractivity contribution is 7.10. The molecule has 2 aromatic rings. The first-order valence-corrected chi connectivity index (χ1v) is 9.49. The molecule has 3 heteroatoms. The van der Waals surface area contributed by atoms with Crippen LogP contribution in [0, 0.1) is 5.92 Å². The molecule has 0 radical (unpaired) electrons. The molecule has 2 nitrogen and oxygen atoms in total. The molecule has 1 aliphatic carbocycles. The smallest absolute Gasteiger partial charge is 0.252 e. The first-order chi connectivity index (χ1) is 11.2. The van der Waals surface area contributed by atoms with Gasteiger partial charge in [-0.3, -0.25) is 4.79 Å². The highest BCUT2D eigenvalue weighted by Gasteiger charge is 2.24. The van der Waals surface area contributed by atoms with E-state index in [0.717, 1.165) is 37.2 Å². The van der Waals surface area contributed by atoms with Gasteiger partial charge in [-0.25, -0.2) is 0 Å². The Balaban J connectivity index is 1.68. The second-order valence-corrected chi connectivity index (χ2v) is 7.63. The van der Waals surface area contributed by atoms with Crippen LogP contribution in [0.2, 0.25) is 0 Å². The molecule has 1 aromatic heterocycles. The van der Waals surface area contributed by atoms with E-state index in [1.165, 1.54) is 22.4 Å². The van der Waals surface area contributed by atoms with E-state index in [2.05, 4.69) is 48.8 Å². The van der Waals surface area contributed by atoms with Crippen LogP contribution in [0.1, 0.15) is 53.1 Å². The number of nitrogens with one attached hydrogen (secondary N) is 1. The van der Waals surface area contributed by atoms with Gasteiger partial charge >= 0.3 is 0 Å². The van der Waals surface area contributed by atoms with E-state index < -0.39 is 0 Å². The van der Waals surface area contributed by atoms with Crippen molar-refractivity contribution in [1.29, 1.82) is 0 Å². The van der Waals surface area contributed by atoms with Gasteiger partial charge < -0.3 is 5.32 Å². The third-order valence-electron chi connectivity index (χ3n) is 4.80. The van der Waals surface area contributed by atoms with Crippen LogP contribution in [0.5, 0.6) is 0 Å². The van der Waals surface area contributed by atoms with E-state index in [0.29, 0.717) is 0 Å². The lowest BCUT2D eigenvalue weighted by Gasteiger charge is -2.20. The normalized spacial score (nSPS) is 18.3. The Morgan fingerprint density at radius 2 is 2.13 bits per heavy atom. The van der Waals surface area contributed by atoms with Crippen LogP contribution in [0.25, 0.3) is 0 Å². The molecule has 0 saturated heterocycles. The minimum atomic E-state index is 0.111. The van der Waals surface area contributed by atoms with Crippen LogP contribution in [0.4, 0.5) is 0 Å². The Labute approximate surface area is 142 Å². The van der Waals surface area contributed by atoms with Crippen LogP contribution < -0.4 is 5.32 Å². The van der Waals surface area contributed by atoms with Crippen molar-refractivity contribution in [3.63, 3.8) is 0 Å². The number of amides is 1. The van der Waals surface area contributed by atoms with Crippen molar-refractivity contribution in [3.05, 3.63) is 57.3 Å². The third-order valence-corrected chi connectivity index (χ3v) is 5.85. The summed E-state index contributed by atoms with van der Waals surface area (Å²) in [7, 11) is 0. The van der Waals surface area contributed by atoms with Gasteiger partial charge in [-0.2, -0.15) is 0 Å². The highest BCUT2D eigenvalue weighted by Crippen LogP contribution is 2.32. The van der Waals surface area contributed by atoms with E-state index in [9.17, 15) is 4.79 Å². The fraction of sp³-hybridized carbons (Fsp3) is 0.450. The van der Waals surface area contributed by atoms with E-state index >= 15 is 0 Å². The molecule has 0 spiro atoms. The lowest BCUT2D eigenvalue weighted by Crippen LogP contribution is -2.36. The summed E-state index contributed by atoms with van der Waals surface area (Å²) in [5, 5.41) is 5.31. The summed E-state index contributed by atoms with van der Waals surface area (Å²) in [6.07, 6.45) is 5.23. The first-order valence-electron chi connectivity index (χ1n) is 8.61. The number of rotatable bonds is 5. The molecule has 0 fully saturated rings. The Bertz CT molecular complexity index is 662.